The lowest BCUT2D eigenvalue weighted by molar-refractivity contribution is 0.768. The number of hydrogen-bond donors (Lipinski definition) is 0. The molecule has 318 valence electrons. The lowest BCUT2D eigenvalue weighted by Gasteiger charge is -2.34. The number of anilines is 3. The molecule has 0 saturated carbocycles. The van der Waals surface area contributed by atoms with Gasteiger partial charge in [0.1, 0.15) is 0 Å². The molecule has 1 heteroatoms. The summed E-state index contributed by atoms with van der Waals surface area (Å²) in [6.45, 7) is 0. The highest BCUT2D eigenvalue weighted by Crippen LogP contribution is 2.58. The standard InChI is InChI=1S/C67H45N/c1-3-20-51(21-4-1)67(52-22-5-2-6-23-52)64-31-14-13-28-62(64)66-59(30-16-32-65(66)67)48-35-41-54(42-36-48)68(53-39-33-47(34-40-53)57-29-15-19-46-17-7-9-24-56(46)57)55-43-37-49(38-44-55)63-45-50-18-8-10-25-58(50)60-26-11-12-27-61(60)63/h1-45H. The van der Waals surface area contributed by atoms with E-state index in [4.69, 9.17) is 0 Å². The van der Waals surface area contributed by atoms with Crippen LogP contribution in [0, 0.1) is 0 Å². The summed E-state index contributed by atoms with van der Waals surface area (Å²) in [4.78, 5) is 2.39. The summed E-state index contributed by atoms with van der Waals surface area (Å²) in [6, 6.07) is 100. The minimum Gasteiger partial charge on any atom is -0.311 e. The Morgan fingerprint density at radius 1 is 0.250 bits per heavy atom. The van der Waals surface area contributed by atoms with E-state index in [9.17, 15) is 0 Å². The second kappa shape index (κ2) is 16.3. The van der Waals surface area contributed by atoms with Crippen molar-refractivity contribution in [3.63, 3.8) is 0 Å². The molecule has 0 spiro atoms. The first-order valence-electron chi connectivity index (χ1n) is 23.6. The lowest BCUT2D eigenvalue weighted by Crippen LogP contribution is -2.28. The molecule has 1 nitrogen and oxygen atoms in total. The third kappa shape index (κ3) is 6.32. The molecular weight excluding hydrogens is 819 g/mol. The molecule has 0 fully saturated rings. The molecule has 0 N–H and O–H groups in total. The van der Waals surface area contributed by atoms with E-state index < -0.39 is 5.41 Å². The topological polar surface area (TPSA) is 3.24 Å². The highest BCUT2D eigenvalue weighted by atomic mass is 15.1. The quantitative estimate of drug-likeness (QED) is 0.138. The Kier molecular flexibility index (Phi) is 9.47. The van der Waals surface area contributed by atoms with Gasteiger partial charge in [-0.25, -0.2) is 0 Å². The van der Waals surface area contributed by atoms with E-state index in [1.807, 2.05) is 0 Å². The van der Waals surface area contributed by atoms with Gasteiger partial charge in [0, 0.05) is 17.1 Å². The first kappa shape index (κ1) is 39.6. The monoisotopic (exact) mass is 863 g/mol. The molecule has 0 bridgehead atoms. The van der Waals surface area contributed by atoms with Crippen molar-refractivity contribution in [3.05, 3.63) is 295 Å². The minimum absolute atomic E-state index is 0.454. The van der Waals surface area contributed by atoms with Gasteiger partial charge in [-0.15, -0.1) is 0 Å². The van der Waals surface area contributed by atoms with E-state index in [2.05, 4.69) is 278 Å². The molecule has 0 saturated heterocycles. The summed E-state index contributed by atoms with van der Waals surface area (Å²) in [5.74, 6) is 0. The molecule has 1 aliphatic rings. The summed E-state index contributed by atoms with van der Waals surface area (Å²) < 4.78 is 0. The fraction of sp³-hybridized carbons (Fsp3) is 0.0149. The molecule has 12 aromatic rings. The zero-order valence-corrected chi connectivity index (χ0v) is 37.4. The zero-order chi connectivity index (χ0) is 45.0. The molecule has 0 heterocycles. The van der Waals surface area contributed by atoms with Crippen LogP contribution in [0.25, 0.3) is 76.8 Å². The summed E-state index contributed by atoms with van der Waals surface area (Å²) in [5, 5.41) is 7.56. The third-order valence-corrected chi connectivity index (χ3v) is 14.3. The van der Waals surface area contributed by atoms with Crippen LogP contribution in [-0.2, 0) is 5.41 Å². The molecule has 68 heavy (non-hydrogen) atoms. The lowest BCUT2D eigenvalue weighted by atomic mass is 9.67. The van der Waals surface area contributed by atoms with E-state index >= 15 is 0 Å². The predicted molar refractivity (Wildman–Crippen MR) is 287 cm³/mol. The largest absolute Gasteiger partial charge is 0.311 e. The van der Waals surface area contributed by atoms with Crippen molar-refractivity contribution >= 4 is 49.4 Å². The number of nitrogens with zero attached hydrogens (tertiary/aromatic N) is 1. The summed E-state index contributed by atoms with van der Waals surface area (Å²) in [7, 11) is 0. The highest BCUT2D eigenvalue weighted by molar-refractivity contribution is 6.14. The van der Waals surface area contributed by atoms with Crippen molar-refractivity contribution in [1.82, 2.24) is 0 Å². The zero-order valence-electron chi connectivity index (χ0n) is 37.4. The van der Waals surface area contributed by atoms with Crippen molar-refractivity contribution in [2.24, 2.45) is 0 Å². The van der Waals surface area contributed by atoms with Gasteiger partial charge in [-0.05, 0) is 142 Å². The van der Waals surface area contributed by atoms with Crippen LogP contribution in [-0.4, -0.2) is 0 Å². The Bertz CT molecular complexity index is 3770. The Morgan fingerprint density at radius 3 is 1.32 bits per heavy atom. The highest BCUT2D eigenvalue weighted by Gasteiger charge is 2.46. The van der Waals surface area contributed by atoms with E-state index in [1.165, 1.54) is 99.1 Å². The normalized spacial score (nSPS) is 12.5. The molecule has 12 aromatic carbocycles. The van der Waals surface area contributed by atoms with Gasteiger partial charge in [0.25, 0.3) is 0 Å². The van der Waals surface area contributed by atoms with Gasteiger partial charge >= 0.3 is 0 Å². The summed E-state index contributed by atoms with van der Waals surface area (Å²) in [6.07, 6.45) is 0. The smallest absolute Gasteiger partial charge is 0.0713 e. The van der Waals surface area contributed by atoms with Gasteiger partial charge in [0.15, 0.2) is 0 Å². The van der Waals surface area contributed by atoms with E-state index in [0.29, 0.717) is 0 Å². The van der Waals surface area contributed by atoms with Crippen LogP contribution in [0.2, 0.25) is 0 Å². The first-order chi connectivity index (χ1) is 33.7. The average Bonchev–Trinajstić information content (AvgIpc) is 3.73. The average molecular weight is 864 g/mol. The molecule has 0 aliphatic heterocycles. The molecule has 0 unspecified atom stereocenters. The van der Waals surface area contributed by atoms with Crippen LogP contribution in [0.15, 0.2) is 273 Å². The van der Waals surface area contributed by atoms with Crippen molar-refractivity contribution in [1.29, 1.82) is 0 Å². The molecule has 13 rings (SSSR count). The molecule has 0 amide bonds. The maximum absolute atomic E-state index is 2.39. The number of rotatable bonds is 8. The van der Waals surface area contributed by atoms with Gasteiger partial charge < -0.3 is 4.90 Å². The number of fused-ring (bicyclic) bond motifs is 7. The Hall–Kier alpha value is -8.78. The van der Waals surface area contributed by atoms with Crippen LogP contribution < -0.4 is 4.90 Å². The van der Waals surface area contributed by atoms with Crippen LogP contribution in [0.3, 0.4) is 0 Å². The van der Waals surface area contributed by atoms with Crippen LogP contribution in [0.1, 0.15) is 22.3 Å². The fourth-order valence-corrected chi connectivity index (χ4v) is 11.3. The number of hydrogen-bond acceptors (Lipinski definition) is 1. The van der Waals surface area contributed by atoms with Crippen LogP contribution >= 0.6 is 0 Å². The van der Waals surface area contributed by atoms with E-state index in [-0.39, 0.29) is 0 Å². The second-order valence-electron chi connectivity index (χ2n) is 17.9. The summed E-state index contributed by atoms with van der Waals surface area (Å²) >= 11 is 0. The van der Waals surface area contributed by atoms with Gasteiger partial charge in [-0.1, -0.05) is 231 Å². The van der Waals surface area contributed by atoms with Crippen molar-refractivity contribution in [2.75, 3.05) is 4.90 Å². The maximum Gasteiger partial charge on any atom is 0.0713 e. The van der Waals surface area contributed by atoms with Gasteiger partial charge in [-0.2, -0.15) is 0 Å². The Balaban J connectivity index is 0.938. The number of benzene rings is 12. The van der Waals surface area contributed by atoms with Gasteiger partial charge in [-0.3, -0.25) is 0 Å². The Labute approximate surface area is 397 Å². The van der Waals surface area contributed by atoms with Crippen LogP contribution in [0.4, 0.5) is 17.1 Å². The molecule has 0 atom stereocenters. The second-order valence-corrected chi connectivity index (χ2v) is 17.9. The predicted octanol–water partition coefficient (Wildman–Crippen LogP) is 18.0. The van der Waals surface area contributed by atoms with E-state index in [1.54, 1.807) is 0 Å². The van der Waals surface area contributed by atoms with Crippen LogP contribution in [0.5, 0.6) is 0 Å². The van der Waals surface area contributed by atoms with Crippen molar-refractivity contribution < 1.29 is 0 Å². The molecular formula is C67H45N. The molecule has 1 aliphatic carbocycles. The Morgan fingerprint density at radius 2 is 0.676 bits per heavy atom. The van der Waals surface area contributed by atoms with Gasteiger partial charge in [0.2, 0.25) is 0 Å². The van der Waals surface area contributed by atoms with Crippen molar-refractivity contribution in [2.45, 2.75) is 5.41 Å². The van der Waals surface area contributed by atoms with Gasteiger partial charge in [0.05, 0.1) is 5.41 Å². The van der Waals surface area contributed by atoms with E-state index in [0.717, 1.165) is 17.1 Å². The molecule has 0 aromatic heterocycles. The van der Waals surface area contributed by atoms with Crippen molar-refractivity contribution in [3.8, 4) is 44.5 Å². The fourth-order valence-electron chi connectivity index (χ4n) is 11.3. The third-order valence-electron chi connectivity index (χ3n) is 14.3. The SMILES string of the molecule is c1ccc(C2(c3ccccc3)c3ccccc3-c3c(-c4ccc(N(c5ccc(-c6cccc7ccccc67)cc5)c5ccc(-c6cc7ccccc7c7ccccc67)cc5)cc4)cccc32)cc1. The minimum atomic E-state index is -0.454. The first-order valence-corrected chi connectivity index (χ1v) is 23.6. The summed E-state index contributed by atoms with van der Waals surface area (Å²) in [5.41, 5.74) is 17.8. The molecule has 0 radical (unpaired) electrons. The maximum atomic E-state index is 2.39.